The molecule has 5 rings (SSSR count). The Morgan fingerprint density at radius 2 is 1.71 bits per heavy atom. The molecule has 1 heterocycles. The zero-order chi connectivity index (χ0) is 24.6. The number of halogens is 2. The maximum Gasteiger partial charge on any atom is 0.337 e. The smallest absolute Gasteiger partial charge is 0.337 e. The lowest BCUT2D eigenvalue weighted by Gasteiger charge is -2.18. The number of methoxy groups -OCH3 is 2. The van der Waals surface area contributed by atoms with Gasteiger partial charge >= 0.3 is 5.97 Å². The van der Waals surface area contributed by atoms with Gasteiger partial charge in [0.15, 0.2) is 0 Å². The van der Waals surface area contributed by atoms with Crippen molar-refractivity contribution in [3.63, 3.8) is 0 Å². The molecule has 0 amide bonds. The van der Waals surface area contributed by atoms with Crippen molar-refractivity contribution >= 4 is 29.2 Å². The number of nitrogens with zero attached hydrogens (tertiary/aromatic N) is 2. The fraction of sp³-hybridized carbons (Fsp3) is 0.214. The number of benzene rings is 3. The van der Waals surface area contributed by atoms with E-state index in [0.29, 0.717) is 22.2 Å². The number of rotatable bonds is 7. The van der Waals surface area contributed by atoms with Crippen molar-refractivity contribution in [1.82, 2.24) is 9.55 Å². The summed E-state index contributed by atoms with van der Waals surface area (Å²) in [4.78, 5) is 16.9. The van der Waals surface area contributed by atoms with Gasteiger partial charge in [-0.2, -0.15) is 0 Å². The minimum absolute atomic E-state index is 0.171. The number of imidazole rings is 1. The molecule has 4 aromatic rings. The highest BCUT2D eigenvalue weighted by Crippen LogP contribution is 2.53. The first-order chi connectivity index (χ1) is 16.9. The Hall–Kier alpha value is -3.28. The van der Waals surface area contributed by atoms with Crippen LogP contribution in [0.4, 0.5) is 0 Å². The highest BCUT2D eigenvalue weighted by Gasteiger charge is 2.49. The molecule has 1 aromatic heterocycles. The molecule has 5 nitrogen and oxygen atoms in total. The molecule has 1 aliphatic rings. The summed E-state index contributed by atoms with van der Waals surface area (Å²) in [6.45, 7) is 0.604. The van der Waals surface area contributed by atoms with Gasteiger partial charge in [-0.3, -0.25) is 0 Å². The van der Waals surface area contributed by atoms with Crippen LogP contribution in [0.25, 0.3) is 11.3 Å². The summed E-state index contributed by atoms with van der Waals surface area (Å²) >= 11 is 12.7. The van der Waals surface area contributed by atoms with Crippen molar-refractivity contribution in [2.24, 2.45) is 0 Å². The number of carbonyl (C=O) groups excluding carboxylic acids is 1. The lowest BCUT2D eigenvalue weighted by molar-refractivity contribution is 0.0600. The number of hydrogen-bond donors (Lipinski definition) is 0. The van der Waals surface area contributed by atoms with Gasteiger partial charge in [0, 0.05) is 23.3 Å². The van der Waals surface area contributed by atoms with Crippen molar-refractivity contribution in [2.75, 3.05) is 14.2 Å². The van der Waals surface area contributed by atoms with E-state index in [9.17, 15) is 4.79 Å². The van der Waals surface area contributed by atoms with Gasteiger partial charge in [0.05, 0.1) is 35.9 Å². The lowest BCUT2D eigenvalue weighted by atomic mass is 9.94. The average molecular weight is 507 g/mol. The molecule has 0 bridgehead atoms. The van der Waals surface area contributed by atoms with Crippen LogP contribution in [0.1, 0.15) is 40.2 Å². The van der Waals surface area contributed by atoms with Gasteiger partial charge in [-0.15, -0.1) is 0 Å². The third kappa shape index (κ3) is 4.54. The normalized spacial score (nSPS) is 13.9. The molecular weight excluding hydrogens is 483 g/mol. The van der Waals surface area contributed by atoms with Crippen LogP contribution in [0.5, 0.6) is 5.75 Å². The topological polar surface area (TPSA) is 53.4 Å². The molecule has 1 aliphatic carbocycles. The van der Waals surface area contributed by atoms with Crippen LogP contribution < -0.4 is 4.74 Å². The molecule has 0 spiro atoms. The van der Waals surface area contributed by atoms with Gasteiger partial charge in [0.25, 0.3) is 0 Å². The molecule has 3 aromatic carbocycles. The van der Waals surface area contributed by atoms with E-state index in [1.54, 1.807) is 25.3 Å². The molecule has 1 fully saturated rings. The second-order valence-corrected chi connectivity index (χ2v) is 9.54. The standard InChI is InChI=1S/C28H24Cl2N2O3/c1-34-22-10-7-20(8-11-22)28(13-14-28)27-31-25(23-12-9-21(29)15-24(23)30)17-32(27)16-18-3-5-19(6-4-18)26(33)35-2/h3-12,15,17H,13-14,16H2,1-2H3. The number of carbonyl (C=O) groups is 1. The van der Waals surface area contributed by atoms with Crippen LogP contribution in [-0.4, -0.2) is 29.7 Å². The Kier molecular flexibility index (Phi) is 6.30. The third-order valence-electron chi connectivity index (χ3n) is 6.53. The molecule has 0 N–H and O–H groups in total. The van der Waals surface area contributed by atoms with Gasteiger partial charge in [-0.1, -0.05) is 47.5 Å². The van der Waals surface area contributed by atoms with Crippen LogP contribution in [0.3, 0.4) is 0 Å². The Bertz CT molecular complexity index is 1370. The summed E-state index contributed by atoms with van der Waals surface area (Å²) in [6, 6.07) is 21.1. The number of aromatic nitrogens is 2. The molecule has 1 saturated carbocycles. The highest BCUT2D eigenvalue weighted by molar-refractivity contribution is 6.36. The zero-order valence-corrected chi connectivity index (χ0v) is 20.9. The van der Waals surface area contributed by atoms with Crippen molar-refractivity contribution in [3.05, 3.63) is 105 Å². The second-order valence-electron chi connectivity index (χ2n) is 8.70. The van der Waals surface area contributed by atoms with E-state index in [-0.39, 0.29) is 11.4 Å². The maximum absolute atomic E-state index is 11.8. The van der Waals surface area contributed by atoms with E-state index in [1.165, 1.54) is 12.7 Å². The van der Waals surface area contributed by atoms with Gasteiger partial charge in [-0.05, 0) is 66.4 Å². The first-order valence-corrected chi connectivity index (χ1v) is 12.0. The van der Waals surface area contributed by atoms with Crippen molar-refractivity contribution in [1.29, 1.82) is 0 Å². The molecule has 0 unspecified atom stereocenters. The third-order valence-corrected chi connectivity index (χ3v) is 7.08. The van der Waals surface area contributed by atoms with Crippen molar-refractivity contribution in [3.8, 4) is 17.0 Å². The largest absolute Gasteiger partial charge is 0.497 e. The number of hydrogen-bond acceptors (Lipinski definition) is 4. The van der Waals surface area contributed by atoms with Gasteiger partial charge in [0.1, 0.15) is 11.6 Å². The van der Waals surface area contributed by atoms with Crippen LogP contribution in [0.15, 0.2) is 72.9 Å². The van der Waals surface area contributed by atoms with Crippen LogP contribution in [-0.2, 0) is 16.7 Å². The minimum atomic E-state index is -0.351. The second kappa shape index (κ2) is 9.40. The number of esters is 1. The number of ether oxygens (including phenoxy) is 2. The Morgan fingerprint density at radius 3 is 2.31 bits per heavy atom. The summed E-state index contributed by atoms with van der Waals surface area (Å²) in [6.07, 6.45) is 4.05. The molecule has 178 valence electrons. The molecule has 0 aliphatic heterocycles. The highest BCUT2D eigenvalue weighted by atomic mass is 35.5. The van der Waals surface area contributed by atoms with E-state index in [2.05, 4.69) is 16.7 Å². The molecule has 0 radical (unpaired) electrons. The summed E-state index contributed by atoms with van der Waals surface area (Å²) in [5.74, 6) is 1.46. The summed E-state index contributed by atoms with van der Waals surface area (Å²) in [7, 11) is 3.05. The van der Waals surface area contributed by atoms with Crippen molar-refractivity contribution in [2.45, 2.75) is 24.8 Å². The van der Waals surface area contributed by atoms with Gasteiger partial charge in [-0.25, -0.2) is 9.78 Å². The Labute approximate surface area is 214 Å². The van der Waals surface area contributed by atoms with E-state index in [1.807, 2.05) is 42.6 Å². The molecule has 7 heteroatoms. The van der Waals surface area contributed by atoms with Gasteiger partial charge < -0.3 is 14.0 Å². The summed E-state index contributed by atoms with van der Waals surface area (Å²) in [5.41, 5.74) is 4.24. The van der Waals surface area contributed by atoms with E-state index in [4.69, 9.17) is 37.7 Å². The SMILES string of the molecule is COC(=O)c1ccc(Cn2cc(-c3ccc(Cl)cc3Cl)nc2C2(c3ccc(OC)cc3)CC2)cc1. The summed E-state index contributed by atoms with van der Waals surface area (Å²) < 4.78 is 12.4. The minimum Gasteiger partial charge on any atom is -0.497 e. The molecule has 35 heavy (non-hydrogen) atoms. The fourth-order valence-electron chi connectivity index (χ4n) is 4.48. The molecule has 0 atom stereocenters. The fourth-order valence-corrected chi connectivity index (χ4v) is 4.99. The lowest BCUT2D eigenvalue weighted by Crippen LogP contribution is -2.17. The van der Waals surface area contributed by atoms with E-state index < -0.39 is 0 Å². The first kappa shape index (κ1) is 23.5. The maximum atomic E-state index is 11.8. The van der Waals surface area contributed by atoms with Crippen molar-refractivity contribution < 1.29 is 14.3 Å². The Balaban J connectivity index is 1.57. The molecular formula is C28H24Cl2N2O3. The summed E-state index contributed by atoms with van der Waals surface area (Å²) in [5, 5.41) is 1.14. The quantitative estimate of drug-likeness (QED) is 0.259. The molecule has 0 saturated heterocycles. The van der Waals surface area contributed by atoms with Crippen LogP contribution in [0.2, 0.25) is 10.0 Å². The predicted octanol–water partition coefficient (Wildman–Crippen LogP) is 6.78. The monoisotopic (exact) mass is 506 g/mol. The van der Waals surface area contributed by atoms with Gasteiger partial charge in [0.2, 0.25) is 0 Å². The van der Waals surface area contributed by atoms with Crippen LogP contribution >= 0.6 is 23.2 Å². The predicted molar refractivity (Wildman–Crippen MR) is 138 cm³/mol. The average Bonchev–Trinajstić information content (AvgIpc) is 3.58. The first-order valence-electron chi connectivity index (χ1n) is 11.3. The van der Waals surface area contributed by atoms with E-state index >= 15 is 0 Å². The zero-order valence-electron chi connectivity index (χ0n) is 19.4. The van der Waals surface area contributed by atoms with E-state index in [0.717, 1.165) is 41.2 Å². The Morgan fingerprint density at radius 1 is 1.00 bits per heavy atom. The van der Waals surface area contributed by atoms with Crippen LogP contribution in [0, 0.1) is 0 Å².